The maximum atomic E-state index is 5.62. The fourth-order valence-electron chi connectivity index (χ4n) is 3.70. The lowest BCUT2D eigenvalue weighted by Crippen LogP contribution is -2.41. The van der Waals surface area contributed by atoms with Gasteiger partial charge < -0.3 is 15.0 Å². The van der Waals surface area contributed by atoms with Crippen molar-refractivity contribution in [2.75, 3.05) is 33.4 Å². The van der Waals surface area contributed by atoms with E-state index in [1.807, 2.05) is 37.6 Å². The summed E-state index contributed by atoms with van der Waals surface area (Å²) in [5.74, 6) is 1.78. The van der Waals surface area contributed by atoms with Gasteiger partial charge in [-0.2, -0.15) is 5.10 Å². The molecule has 2 aromatic rings. The van der Waals surface area contributed by atoms with Gasteiger partial charge in [0.05, 0.1) is 6.61 Å². The van der Waals surface area contributed by atoms with Crippen LogP contribution in [0.3, 0.4) is 0 Å². The first kappa shape index (κ1) is 19.1. The predicted octanol–water partition coefficient (Wildman–Crippen LogP) is 2.07. The Morgan fingerprint density at radius 2 is 2.31 bits per heavy atom. The first-order valence-corrected chi connectivity index (χ1v) is 8.76. The Morgan fingerprint density at radius 1 is 1.38 bits per heavy atom. The molecule has 26 heavy (non-hydrogen) atoms. The largest absolute Gasteiger partial charge is 0.381 e. The van der Waals surface area contributed by atoms with E-state index in [-0.39, 0.29) is 24.0 Å². The van der Waals surface area contributed by atoms with Crippen molar-refractivity contribution in [1.29, 1.82) is 0 Å². The van der Waals surface area contributed by atoms with E-state index in [2.05, 4.69) is 25.3 Å². The number of aliphatic imine (C=N–C) groups is 1. The van der Waals surface area contributed by atoms with E-state index in [1.165, 1.54) is 6.42 Å². The molecule has 140 valence electrons. The molecule has 0 aromatic carbocycles. The molecular formula is C18H25IN6O. The summed E-state index contributed by atoms with van der Waals surface area (Å²) < 4.78 is 7.39. The number of aromatic nitrogens is 3. The molecule has 2 aliphatic rings. The van der Waals surface area contributed by atoms with Crippen LogP contribution in [0.5, 0.6) is 0 Å². The van der Waals surface area contributed by atoms with Crippen LogP contribution in [0.25, 0.3) is 5.82 Å². The number of nitrogens with zero attached hydrogens (tertiary/aromatic N) is 5. The topological polar surface area (TPSA) is 67.6 Å². The highest BCUT2D eigenvalue weighted by Gasteiger charge is 2.42. The molecule has 1 N–H and O–H groups in total. The number of halogens is 1. The number of hydrogen-bond acceptors (Lipinski definition) is 4. The quantitative estimate of drug-likeness (QED) is 0.425. The standard InChI is InChI=1S/C18H24N6O.HI/c1-19-17(23-9-4-18(13-23)5-10-25-14-18)21-12-15-3-7-20-16(11-15)24-8-2-6-22-24;/h2-3,6-8,11H,4-5,9-10,12-14H2,1H3,(H,19,21);1H. The molecule has 1 unspecified atom stereocenters. The summed E-state index contributed by atoms with van der Waals surface area (Å²) in [6, 6.07) is 5.96. The smallest absolute Gasteiger partial charge is 0.193 e. The molecule has 0 aliphatic carbocycles. The van der Waals surface area contributed by atoms with Crippen LogP contribution < -0.4 is 5.32 Å². The van der Waals surface area contributed by atoms with Gasteiger partial charge in [0.1, 0.15) is 0 Å². The zero-order valence-electron chi connectivity index (χ0n) is 15.0. The lowest BCUT2D eigenvalue weighted by atomic mass is 9.87. The summed E-state index contributed by atoms with van der Waals surface area (Å²) in [6.07, 6.45) is 7.82. The second-order valence-corrected chi connectivity index (χ2v) is 6.85. The third-order valence-electron chi connectivity index (χ3n) is 5.13. The van der Waals surface area contributed by atoms with Gasteiger partial charge in [-0.05, 0) is 36.6 Å². The summed E-state index contributed by atoms with van der Waals surface area (Å²) in [4.78, 5) is 11.2. The van der Waals surface area contributed by atoms with Crippen molar-refractivity contribution in [3.05, 3.63) is 42.4 Å². The molecule has 2 aromatic heterocycles. The van der Waals surface area contributed by atoms with Crippen LogP contribution in [0.4, 0.5) is 0 Å². The average molecular weight is 468 g/mol. The lowest BCUT2D eigenvalue weighted by Gasteiger charge is -2.25. The number of rotatable bonds is 3. The fourth-order valence-corrected chi connectivity index (χ4v) is 3.70. The molecule has 4 heterocycles. The van der Waals surface area contributed by atoms with Gasteiger partial charge in [0.15, 0.2) is 11.8 Å². The number of pyridine rings is 1. The van der Waals surface area contributed by atoms with E-state index in [9.17, 15) is 0 Å². The highest BCUT2D eigenvalue weighted by molar-refractivity contribution is 14.0. The molecule has 4 rings (SSSR count). The van der Waals surface area contributed by atoms with E-state index >= 15 is 0 Å². The zero-order valence-corrected chi connectivity index (χ0v) is 17.3. The van der Waals surface area contributed by atoms with Crippen LogP contribution in [0.2, 0.25) is 0 Å². The van der Waals surface area contributed by atoms with Crippen molar-refractivity contribution < 1.29 is 4.74 Å². The minimum atomic E-state index is 0. The number of ether oxygens (including phenoxy) is 1. The van der Waals surface area contributed by atoms with Gasteiger partial charge in [0.25, 0.3) is 0 Å². The summed E-state index contributed by atoms with van der Waals surface area (Å²) >= 11 is 0. The fraction of sp³-hybridized carbons (Fsp3) is 0.500. The average Bonchev–Trinajstić information content (AvgIpc) is 3.40. The third kappa shape index (κ3) is 4.01. The monoisotopic (exact) mass is 468 g/mol. The van der Waals surface area contributed by atoms with Crippen LogP contribution in [-0.4, -0.2) is 59.0 Å². The van der Waals surface area contributed by atoms with Crippen LogP contribution in [0, 0.1) is 5.41 Å². The van der Waals surface area contributed by atoms with Crippen molar-refractivity contribution in [2.45, 2.75) is 19.4 Å². The van der Waals surface area contributed by atoms with Gasteiger partial charge in [0, 0.05) is 57.3 Å². The van der Waals surface area contributed by atoms with Crippen molar-refractivity contribution in [2.24, 2.45) is 10.4 Å². The highest BCUT2D eigenvalue weighted by atomic mass is 127. The summed E-state index contributed by atoms with van der Waals surface area (Å²) in [6.45, 7) is 4.56. The molecule has 0 amide bonds. The van der Waals surface area contributed by atoms with Crippen molar-refractivity contribution in [3.8, 4) is 5.82 Å². The van der Waals surface area contributed by atoms with Crippen LogP contribution >= 0.6 is 24.0 Å². The van der Waals surface area contributed by atoms with Gasteiger partial charge >= 0.3 is 0 Å². The second kappa shape index (κ2) is 8.34. The van der Waals surface area contributed by atoms with E-state index in [1.54, 1.807) is 10.9 Å². The maximum absolute atomic E-state index is 5.62. The number of hydrogen-bond donors (Lipinski definition) is 1. The molecule has 1 spiro atoms. The maximum Gasteiger partial charge on any atom is 0.193 e. The van der Waals surface area contributed by atoms with Gasteiger partial charge in [-0.3, -0.25) is 4.99 Å². The normalized spacial score (nSPS) is 22.7. The Balaban J connectivity index is 0.00000196. The van der Waals surface area contributed by atoms with Crippen molar-refractivity contribution in [3.63, 3.8) is 0 Å². The van der Waals surface area contributed by atoms with E-state index in [0.717, 1.165) is 50.1 Å². The molecule has 0 bridgehead atoms. The van der Waals surface area contributed by atoms with Crippen LogP contribution in [-0.2, 0) is 11.3 Å². The Labute approximate surface area is 170 Å². The highest BCUT2D eigenvalue weighted by Crippen LogP contribution is 2.38. The predicted molar refractivity (Wildman–Crippen MR) is 111 cm³/mol. The van der Waals surface area contributed by atoms with Gasteiger partial charge in [-0.1, -0.05) is 0 Å². The van der Waals surface area contributed by atoms with E-state index < -0.39 is 0 Å². The Kier molecular flexibility index (Phi) is 6.13. The zero-order chi connectivity index (χ0) is 17.1. The number of likely N-dealkylation sites (tertiary alicyclic amines) is 1. The SMILES string of the molecule is CN=C(NCc1ccnc(-n2cccn2)c1)N1CCC2(CCOC2)C1.I. The molecule has 0 radical (unpaired) electrons. The Morgan fingerprint density at radius 3 is 3.04 bits per heavy atom. The first-order valence-electron chi connectivity index (χ1n) is 8.76. The lowest BCUT2D eigenvalue weighted by molar-refractivity contribution is 0.156. The molecule has 7 nitrogen and oxygen atoms in total. The van der Waals surface area contributed by atoms with Crippen LogP contribution in [0.15, 0.2) is 41.8 Å². The minimum absolute atomic E-state index is 0. The van der Waals surface area contributed by atoms with Crippen molar-refractivity contribution >= 4 is 29.9 Å². The summed E-state index contributed by atoms with van der Waals surface area (Å²) in [5, 5.41) is 7.72. The first-order chi connectivity index (χ1) is 12.3. The molecule has 2 aliphatic heterocycles. The molecule has 2 saturated heterocycles. The van der Waals surface area contributed by atoms with Gasteiger partial charge in [0.2, 0.25) is 0 Å². The van der Waals surface area contributed by atoms with Crippen molar-refractivity contribution in [1.82, 2.24) is 25.0 Å². The van der Waals surface area contributed by atoms with Crippen LogP contribution in [0.1, 0.15) is 18.4 Å². The number of nitrogens with one attached hydrogen (secondary N) is 1. The Bertz CT molecular complexity index is 742. The van der Waals surface area contributed by atoms with E-state index in [0.29, 0.717) is 12.0 Å². The van der Waals surface area contributed by atoms with Gasteiger partial charge in [-0.25, -0.2) is 9.67 Å². The molecule has 8 heteroatoms. The van der Waals surface area contributed by atoms with Gasteiger partial charge in [-0.15, -0.1) is 24.0 Å². The third-order valence-corrected chi connectivity index (χ3v) is 5.13. The minimum Gasteiger partial charge on any atom is -0.381 e. The van der Waals surface area contributed by atoms with E-state index in [4.69, 9.17) is 4.74 Å². The summed E-state index contributed by atoms with van der Waals surface area (Å²) in [7, 11) is 1.85. The summed E-state index contributed by atoms with van der Waals surface area (Å²) in [5.41, 5.74) is 1.49. The molecular weight excluding hydrogens is 443 g/mol. The second-order valence-electron chi connectivity index (χ2n) is 6.85. The molecule has 2 fully saturated rings. The molecule has 1 atom stereocenters. The molecule has 0 saturated carbocycles. The number of guanidine groups is 1. The Hall–Kier alpha value is -1.68.